The monoisotopic (exact) mass is 660 g/mol. The van der Waals surface area contributed by atoms with Crippen LogP contribution in [0.4, 0.5) is 0 Å². The molecule has 0 spiro atoms. The van der Waals surface area contributed by atoms with Crippen LogP contribution in [0.3, 0.4) is 0 Å². The van der Waals surface area contributed by atoms with Gasteiger partial charge in [-0.1, -0.05) is 103 Å². The first-order valence-corrected chi connectivity index (χ1v) is 17.9. The molecule has 0 saturated heterocycles. The SMILES string of the molecule is c1cc(-c2ccc3oc4nc5ccc(-c6cccc7c6sc6ccccc67)cc5nc4c3c2)cc(-c2cccc3c2sc2ccccc23)c1. The number of benzene rings is 7. The van der Waals surface area contributed by atoms with Gasteiger partial charge in [0.2, 0.25) is 5.71 Å². The maximum Gasteiger partial charge on any atom is 0.246 e. The predicted molar refractivity (Wildman–Crippen MR) is 209 cm³/mol. The molecule has 0 N–H and O–H groups in total. The number of thiophene rings is 2. The number of aromatic nitrogens is 2. The highest BCUT2D eigenvalue weighted by Crippen LogP contribution is 2.42. The fraction of sp³-hybridized carbons (Fsp3) is 0. The summed E-state index contributed by atoms with van der Waals surface area (Å²) in [7, 11) is 0. The van der Waals surface area contributed by atoms with E-state index in [1.165, 1.54) is 57.0 Å². The van der Waals surface area contributed by atoms with E-state index in [0.29, 0.717) is 5.71 Å². The highest BCUT2D eigenvalue weighted by molar-refractivity contribution is 7.26. The van der Waals surface area contributed by atoms with Crippen molar-refractivity contribution >= 4 is 96.3 Å². The van der Waals surface area contributed by atoms with E-state index in [9.17, 15) is 0 Å². The molecule has 0 aliphatic rings. The number of rotatable bonds is 3. The summed E-state index contributed by atoms with van der Waals surface area (Å²) >= 11 is 3.71. The van der Waals surface area contributed by atoms with Gasteiger partial charge in [-0.05, 0) is 75.8 Å². The van der Waals surface area contributed by atoms with Crippen LogP contribution in [0.5, 0.6) is 0 Å². The minimum Gasteiger partial charge on any atom is -0.436 e. The van der Waals surface area contributed by atoms with Crippen LogP contribution in [0.25, 0.3) is 107 Å². The molecule has 0 unspecified atom stereocenters. The minimum atomic E-state index is 0.559. The Morgan fingerprint density at radius 2 is 1.00 bits per heavy atom. The normalized spacial score (nSPS) is 12.1. The van der Waals surface area contributed by atoms with Gasteiger partial charge in [0.05, 0.1) is 11.0 Å². The Labute approximate surface area is 288 Å². The number of furan rings is 1. The van der Waals surface area contributed by atoms with Crippen molar-refractivity contribution in [2.75, 3.05) is 0 Å². The molecule has 3 nitrogen and oxygen atoms in total. The average Bonchev–Trinajstić information content (AvgIpc) is 3.84. The quantitative estimate of drug-likeness (QED) is 0.189. The van der Waals surface area contributed by atoms with E-state index in [4.69, 9.17) is 14.4 Å². The van der Waals surface area contributed by atoms with Crippen LogP contribution in [0.1, 0.15) is 0 Å². The highest BCUT2D eigenvalue weighted by atomic mass is 32.1. The average molecular weight is 661 g/mol. The second kappa shape index (κ2) is 10.3. The smallest absolute Gasteiger partial charge is 0.246 e. The maximum atomic E-state index is 6.26. The van der Waals surface area contributed by atoms with Crippen molar-refractivity contribution in [2.24, 2.45) is 0 Å². The fourth-order valence-electron chi connectivity index (χ4n) is 7.36. The van der Waals surface area contributed by atoms with Gasteiger partial charge >= 0.3 is 0 Å². The summed E-state index contributed by atoms with van der Waals surface area (Å²) in [6, 6.07) is 52.1. The third kappa shape index (κ3) is 4.13. The van der Waals surface area contributed by atoms with Crippen molar-refractivity contribution < 1.29 is 4.42 Å². The van der Waals surface area contributed by atoms with Crippen LogP contribution in [-0.2, 0) is 0 Å². The molecule has 11 rings (SSSR count). The zero-order valence-corrected chi connectivity index (χ0v) is 27.6. The standard InChI is InChI=1S/C44H24N2OS2/c1-3-16-39-31(10-1)33-14-6-12-29(42(33)48-39)27-9-5-8-25(22-27)26-19-21-38-35(23-26)41-44(47-38)46-36-20-18-28(24-37(36)45-41)30-13-7-15-34-32-11-2-4-17-40(32)49-43(30)34/h1-24H. The van der Waals surface area contributed by atoms with Gasteiger partial charge in [0.1, 0.15) is 11.1 Å². The molecule has 5 heteroatoms. The molecule has 0 aliphatic carbocycles. The molecule has 11 aromatic rings. The predicted octanol–water partition coefficient (Wildman–Crippen LogP) is 13.3. The van der Waals surface area contributed by atoms with Crippen molar-refractivity contribution in [3.63, 3.8) is 0 Å². The number of hydrogen-bond donors (Lipinski definition) is 0. The molecule has 0 radical (unpaired) electrons. The van der Waals surface area contributed by atoms with E-state index in [1.54, 1.807) is 0 Å². The Morgan fingerprint density at radius 1 is 0.408 bits per heavy atom. The second-order valence-electron chi connectivity index (χ2n) is 12.5. The first kappa shape index (κ1) is 27.1. The van der Waals surface area contributed by atoms with E-state index in [2.05, 4.69) is 140 Å². The van der Waals surface area contributed by atoms with E-state index in [-0.39, 0.29) is 0 Å². The van der Waals surface area contributed by atoms with Gasteiger partial charge in [-0.25, -0.2) is 9.97 Å². The molecule has 0 fully saturated rings. The molecule has 0 amide bonds. The minimum absolute atomic E-state index is 0.559. The van der Waals surface area contributed by atoms with Gasteiger partial charge in [-0.2, -0.15) is 0 Å². The third-order valence-electron chi connectivity index (χ3n) is 9.70. The molecule has 7 aromatic carbocycles. The topological polar surface area (TPSA) is 38.9 Å². The van der Waals surface area contributed by atoms with Gasteiger partial charge in [0.15, 0.2) is 0 Å². The lowest BCUT2D eigenvalue weighted by atomic mass is 9.97. The molecule has 0 bridgehead atoms. The molecule has 4 heterocycles. The fourth-order valence-corrected chi connectivity index (χ4v) is 9.83. The van der Waals surface area contributed by atoms with Crippen LogP contribution in [0.2, 0.25) is 0 Å². The molecule has 0 aliphatic heterocycles. The van der Waals surface area contributed by atoms with Crippen molar-refractivity contribution in [1.29, 1.82) is 0 Å². The molecule has 0 atom stereocenters. The Balaban J connectivity index is 1.03. The van der Waals surface area contributed by atoms with Gasteiger partial charge in [0.25, 0.3) is 0 Å². The summed E-state index contributed by atoms with van der Waals surface area (Å²) in [5.41, 5.74) is 10.9. The lowest BCUT2D eigenvalue weighted by molar-refractivity contribution is 0.655. The molecule has 228 valence electrons. The molecule has 0 saturated carbocycles. The van der Waals surface area contributed by atoms with Crippen molar-refractivity contribution in [1.82, 2.24) is 9.97 Å². The van der Waals surface area contributed by atoms with Crippen molar-refractivity contribution in [3.05, 3.63) is 146 Å². The van der Waals surface area contributed by atoms with Crippen LogP contribution >= 0.6 is 22.7 Å². The maximum absolute atomic E-state index is 6.26. The molecular weight excluding hydrogens is 637 g/mol. The van der Waals surface area contributed by atoms with Crippen molar-refractivity contribution in [3.8, 4) is 33.4 Å². The lowest BCUT2D eigenvalue weighted by Crippen LogP contribution is -1.87. The van der Waals surface area contributed by atoms with E-state index in [1.807, 2.05) is 28.7 Å². The Hall–Kier alpha value is -5.88. The Kier molecular flexibility index (Phi) is 5.70. The van der Waals surface area contributed by atoms with Gasteiger partial charge in [-0.15, -0.1) is 22.7 Å². The van der Waals surface area contributed by atoms with E-state index < -0.39 is 0 Å². The zero-order valence-electron chi connectivity index (χ0n) is 26.0. The first-order chi connectivity index (χ1) is 24.2. The van der Waals surface area contributed by atoms with Crippen LogP contribution < -0.4 is 0 Å². The molecular formula is C44H24N2OS2. The summed E-state index contributed by atoms with van der Waals surface area (Å²) < 4.78 is 11.5. The lowest BCUT2D eigenvalue weighted by Gasteiger charge is -2.08. The van der Waals surface area contributed by atoms with Gasteiger partial charge in [-0.3, -0.25) is 0 Å². The van der Waals surface area contributed by atoms with Crippen LogP contribution in [0, 0.1) is 0 Å². The Bertz CT molecular complexity index is 3130. The summed E-state index contributed by atoms with van der Waals surface area (Å²) in [4.78, 5) is 10.1. The number of hydrogen-bond acceptors (Lipinski definition) is 5. The van der Waals surface area contributed by atoms with Gasteiger partial charge in [0, 0.05) is 45.7 Å². The van der Waals surface area contributed by atoms with E-state index in [0.717, 1.165) is 44.2 Å². The molecule has 49 heavy (non-hydrogen) atoms. The van der Waals surface area contributed by atoms with Crippen LogP contribution in [0.15, 0.2) is 150 Å². The number of fused-ring (bicyclic) bond motifs is 10. The van der Waals surface area contributed by atoms with Crippen LogP contribution in [-0.4, -0.2) is 9.97 Å². The largest absolute Gasteiger partial charge is 0.436 e. The summed E-state index contributed by atoms with van der Waals surface area (Å²) in [5.74, 6) is 0. The number of nitrogens with zero attached hydrogens (tertiary/aromatic N) is 2. The first-order valence-electron chi connectivity index (χ1n) is 16.3. The zero-order chi connectivity index (χ0) is 32.1. The Morgan fingerprint density at radius 3 is 1.73 bits per heavy atom. The summed E-state index contributed by atoms with van der Waals surface area (Å²) in [6.45, 7) is 0. The molecule has 4 aromatic heterocycles. The van der Waals surface area contributed by atoms with Gasteiger partial charge < -0.3 is 4.42 Å². The highest BCUT2D eigenvalue weighted by Gasteiger charge is 2.16. The third-order valence-corrected chi connectivity index (χ3v) is 12.1. The van der Waals surface area contributed by atoms with Crippen molar-refractivity contribution in [2.45, 2.75) is 0 Å². The summed E-state index contributed by atoms with van der Waals surface area (Å²) in [6.07, 6.45) is 0. The van der Waals surface area contributed by atoms with E-state index >= 15 is 0 Å². The summed E-state index contributed by atoms with van der Waals surface area (Å²) in [5, 5.41) is 6.18. The second-order valence-corrected chi connectivity index (χ2v) is 14.6.